The number of aliphatic hydroxyl groups excluding tert-OH is 1. The molecule has 0 aromatic heterocycles. The normalized spacial score (nSPS) is 16.2. The molecule has 1 aromatic rings. The van der Waals surface area contributed by atoms with Crippen molar-refractivity contribution in [1.82, 2.24) is 16.0 Å². The van der Waals surface area contributed by atoms with Crippen LogP contribution in [0.2, 0.25) is 0 Å². The molecule has 0 spiro atoms. The average molecular weight is 596 g/mol. The molecule has 0 fully saturated rings. The van der Waals surface area contributed by atoms with Crippen molar-refractivity contribution in [2.24, 2.45) is 15.4 Å². The third kappa shape index (κ3) is 12.3. The number of hydrogen-bond donors (Lipinski definition) is 4. The largest absolute Gasteiger partial charge is 0.511 e. The van der Waals surface area contributed by atoms with Gasteiger partial charge in [-0.15, -0.1) is 0 Å². The molecule has 1 aliphatic carbocycles. The number of carbonyl (C=O) groups is 3. The Morgan fingerprint density at radius 2 is 1.62 bits per heavy atom. The maximum absolute atomic E-state index is 13.0. The summed E-state index contributed by atoms with van der Waals surface area (Å²) in [6.45, 7) is 8.97. The van der Waals surface area contributed by atoms with E-state index in [-0.39, 0.29) is 61.6 Å². The number of hydrogen-bond acceptors (Lipinski definition) is 7. The average Bonchev–Trinajstić information content (AvgIpc) is 2.83. The van der Waals surface area contributed by atoms with E-state index in [4.69, 9.17) is 4.74 Å². The summed E-state index contributed by atoms with van der Waals surface area (Å²) < 4.78 is 43.6. The van der Waals surface area contributed by atoms with E-state index in [2.05, 4.69) is 20.6 Å². The number of nitrogens with one attached hydrogen (secondary N) is 3. The highest BCUT2D eigenvalue weighted by Gasteiger charge is 2.39. The fourth-order valence-corrected chi connectivity index (χ4v) is 4.08. The number of ether oxygens (including phenoxy) is 1. The molecular weight excluding hydrogens is 555 g/mol. The number of ketones is 1. The van der Waals surface area contributed by atoms with Gasteiger partial charge in [-0.25, -0.2) is 4.79 Å². The van der Waals surface area contributed by atoms with Gasteiger partial charge in [0.25, 0.3) is 0 Å². The van der Waals surface area contributed by atoms with E-state index < -0.39 is 29.7 Å². The van der Waals surface area contributed by atoms with E-state index in [1.165, 1.54) is 0 Å². The predicted octanol–water partition coefficient (Wildman–Crippen LogP) is 4.41. The van der Waals surface area contributed by atoms with Gasteiger partial charge in [0.15, 0.2) is 11.7 Å². The molecule has 0 atom stereocenters. The Bertz CT molecular complexity index is 1200. The molecule has 0 heterocycles. The zero-order valence-corrected chi connectivity index (χ0v) is 24.7. The standard InChI is InChI=1S/C29H40F3N5O5/c1-27(2,3)42-26(41)36-15-14-35-25(37-24(40)29(30,31)32)34-13-9-12-33-20(16-19-10-7-6-8-11-19)23-21(38)17-28(4,5)18-22(23)39/h6-8,10-11,38H,9,12-18H2,1-5H3,(H,36,41)(H2,34,35,37,40). The minimum Gasteiger partial charge on any atom is -0.511 e. The highest BCUT2D eigenvalue weighted by atomic mass is 19.4. The number of aliphatic hydroxyl groups is 1. The number of alkyl carbamates (subject to hydrolysis) is 1. The van der Waals surface area contributed by atoms with Gasteiger partial charge in [0.05, 0.1) is 11.3 Å². The zero-order valence-electron chi connectivity index (χ0n) is 24.7. The number of alkyl halides is 3. The van der Waals surface area contributed by atoms with Crippen molar-refractivity contribution in [3.05, 3.63) is 47.2 Å². The molecular formula is C29H40F3N5O5. The van der Waals surface area contributed by atoms with Crippen LogP contribution in [0.4, 0.5) is 18.0 Å². The summed E-state index contributed by atoms with van der Waals surface area (Å²) >= 11 is 0. The van der Waals surface area contributed by atoms with Gasteiger partial charge in [0.1, 0.15) is 11.4 Å². The van der Waals surface area contributed by atoms with Gasteiger partial charge < -0.3 is 20.5 Å². The second-order valence-electron chi connectivity index (χ2n) is 11.6. The molecule has 232 valence electrons. The number of guanidine groups is 1. The van der Waals surface area contributed by atoms with Crippen LogP contribution in [-0.4, -0.2) is 72.5 Å². The SMILES string of the molecule is CC1(C)CC(=O)C(C(Cc2ccccc2)=NCCCN=C(NCCNC(=O)OC(C)(C)C)NC(=O)C(F)(F)F)=C(O)C1. The molecule has 42 heavy (non-hydrogen) atoms. The number of carbonyl (C=O) groups excluding carboxylic acids is 3. The van der Waals surface area contributed by atoms with E-state index in [0.29, 0.717) is 18.6 Å². The smallest absolute Gasteiger partial charge is 0.471 e. The Labute approximate surface area is 243 Å². The van der Waals surface area contributed by atoms with Crippen LogP contribution in [0.1, 0.15) is 59.4 Å². The molecule has 2 rings (SSSR count). The van der Waals surface area contributed by atoms with Crippen LogP contribution in [0.5, 0.6) is 0 Å². The molecule has 0 saturated heterocycles. The highest BCUT2D eigenvalue weighted by molar-refractivity contribution is 6.23. The van der Waals surface area contributed by atoms with Gasteiger partial charge in [-0.3, -0.25) is 24.9 Å². The topological polar surface area (TPSA) is 141 Å². The number of benzene rings is 1. The molecule has 1 aromatic carbocycles. The first-order valence-electron chi connectivity index (χ1n) is 13.6. The minimum atomic E-state index is -5.12. The van der Waals surface area contributed by atoms with E-state index >= 15 is 0 Å². The number of Topliss-reactive ketones (excluding diaryl/α,β-unsaturated/α-hetero) is 1. The van der Waals surface area contributed by atoms with Gasteiger partial charge in [-0.1, -0.05) is 44.2 Å². The summed E-state index contributed by atoms with van der Waals surface area (Å²) in [5, 5.41) is 17.4. The highest BCUT2D eigenvalue weighted by Crippen LogP contribution is 2.36. The molecule has 0 aliphatic heterocycles. The third-order valence-corrected chi connectivity index (χ3v) is 5.82. The van der Waals surface area contributed by atoms with Crippen LogP contribution in [0.25, 0.3) is 0 Å². The lowest BCUT2D eigenvalue weighted by molar-refractivity contribution is -0.171. The summed E-state index contributed by atoms with van der Waals surface area (Å²) in [4.78, 5) is 44.8. The molecule has 0 bridgehead atoms. The van der Waals surface area contributed by atoms with Crippen LogP contribution in [0.15, 0.2) is 51.6 Å². The first kappa shape index (κ1) is 34.3. The molecule has 0 saturated carbocycles. The van der Waals surface area contributed by atoms with Crippen LogP contribution in [0, 0.1) is 5.41 Å². The second kappa shape index (κ2) is 14.8. The number of rotatable bonds is 10. The molecule has 13 heteroatoms. The number of amides is 2. The lowest BCUT2D eigenvalue weighted by Crippen LogP contribution is -2.48. The van der Waals surface area contributed by atoms with E-state index in [0.717, 1.165) is 5.56 Å². The van der Waals surface area contributed by atoms with Crippen LogP contribution in [0.3, 0.4) is 0 Å². The summed E-state index contributed by atoms with van der Waals surface area (Å²) in [6.07, 6.45) is -4.63. The Kier molecular flexibility index (Phi) is 12.1. The van der Waals surface area contributed by atoms with Crippen molar-refractivity contribution in [1.29, 1.82) is 0 Å². The second-order valence-corrected chi connectivity index (χ2v) is 11.6. The Balaban J connectivity index is 2.10. The van der Waals surface area contributed by atoms with Gasteiger partial charge in [0, 0.05) is 45.4 Å². The first-order valence-corrected chi connectivity index (χ1v) is 13.6. The summed E-state index contributed by atoms with van der Waals surface area (Å²) in [7, 11) is 0. The predicted molar refractivity (Wildman–Crippen MR) is 153 cm³/mol. The number of allylic oxidation sites excluding steroid dienone is 2. The van der Waals surface area contributed by atoms with Gasteiger partial charge >= 0.3 is 18.2 Å². The van der Waals surface area contributed by atoms with Gasteiger partial charge in [0.2, 0.25) is 0 Å². The molecule has 1 aliphatic rings. The molecule has 2 amide bonds. The monoisotopic (exact) mass is 595 g/mol. The maximum atomic E-state index is 13.0. The molecule has 10 nitrogen and oxygen atoms in total. The van der Waals surface area contributed by atoms with Crippen molar-refractivity contribution in [2.75, 3.05) is 26.2 Å². The number of halogens is 3. The van der Waals surface area contributed by atoms with E-state index in [9.17, 15) is 32.7 Å². The number of nitrogens with zero attached hydrogens (tertiary/aromatic N) is 2. The quantitative estimate of drug-likeness (QED) is 0.179. The van der Waals surface area contributed by atoms with Crippen molar-refractivity contribution in [3.8, 4) is 0 Å². The maximum Gasteiger partial charge on any atom is 0.471 e. The first-order chi connectivity index (χ1) is 19.5. The Hall–Kier alpha value is -3.90. The Morgan fingerprint density at radius 3 is 2.21 bits per heavy atom. The van der Waals surface area contributed by atoms with Crippen LogP contribution >= 0.6 is 0 Å². The third-order valence-electron chi connectivity index (χ3n) is 5.82. The van der Waals surface area contributed by atoms with Crippen molar-refractivity contribution in [3.63, 3.8) is 0 Å². The molecule has 0 unspecified atom stereocenters. The Morgan fingerprint density at radius 1 is 1.00 bits per heavy atom. The summed E-state index contributed by atoms with van der Waals surface area (Å²) in [6, 6.07) is 9.34. The zero-order chi connectivity index (χ0) is 31.6. The molecule has 4 N–H and O–H groups in total. The molecule has 0 radical (unpaired) electrons. The van der Waals surface area contributed by atoms with Crippen molar-refractivity contribution >= 4 is 29.5 Å². The fraction of sp³-hybridized carbons (Fsp3) is 0.552. The fourth-order valence-electron chi connectivity index (χ4n) is 4.08. The van der Waals surface area contributed by atoms with E-state index in [1.807, 2.05) is 44.2 Å². The van der Waals surface area contributed by atoms with E-state index in [1.54, 1.807) is 26.1 Å². The van der Waals surface area contributed by atoms with Crippen molar-refractivity contribution in [2.45, 2.75) is 72.1 Å². The minimum absolute atomic E-state index is 0.00586. The van der Waals surface area contributed by atoms with Crippen LogP contribution < -0.4 is 16.0 Å². The number of aliphatic imine (C=N–C) groups is 2. The lowest BCUT2D eigenvalue weighted by Gasteiger charge is -2.30. The van der Waals surface area contributed by atoms with Crippen molar-refractivity contribution < 1.29 is 37.4 Å². The lowest BCUT2D eigenvalue weighted by atomic mass is 9.75. The van der Waals surface area contributed by atoms with Crippen LogP contribution in [-0.2, 0) is 20.7 Å². The summed E-state index contributed by atoms with van der Waals surface area (Å²) in [5.74, 6) is -2.82. The summed E-state index contributed by atoms with van der Waals surface area (Å²) in [5.41, 5.74) is 0.446. The van der Waals surface area contributed by atoms with Gasteiger partial charge in [-0.2, -0.15) is 13.2 Å². The van der Waals surface area contributed by atoms with Gasteiger partial charge in [-0.05, 0) is 38.2 Å².